The van der Waals surface area contributed by atoms with Gasteiger partial charge in [-0.05, 0) is 17.7 Å². The zero-order valence-corrected chi connectivity index (χ0v) is 15.8. The molecule has 0 aliphatic carbocycles. The lowest BCUT2D eigenvalue weighted by molar-refractivity contribution is -0.187. The van der Waals surface area contributed by atoms with Crippen molar-refractivity contribution in [3.8, 4) is 17.2 Å². The summed E-state index contributed by atoms with van der Waals surface area (Å²) in [4.78, 5) is 1.41. The predicted octanol–water partition coefficient (Wildman–Crippen LogP) is 3.06. The Morgan fingerprint density at radius 3 is 1.80 bits per heavy atom. The molecule has 1 aromatic rings. The van der Waals surface area contributed by atoms with E-state index in [-0.39, 0.29) is 47.6 Å². The van der Waals surface area contributed by atoms with Gasteiger partial charge in [-0.1, -0.05) is 0 Å². The average Bonchev–Trinajstić information content (AvgIpc) is 2.53. The molecule has 1 aromatic carbocycles. The first kappa shape index (κ1) is 23.9. The molecule has 1 heterocycles. The van der Waals surface area contributed by atoms with Crippen molar-refractivity contribution < 1.29 is 27.4 Å². The highest BCUT2D eigenvalue weighted by Crippen LogP contribution is 2.45. The molecule has 146 valence electrons. The molecule has 0 radical (unpaired) electrons. The molecular formula is C15H23Cl2F3N2O3. The summed E-state index contributed by atoms with van der Waals surface area (Å²) >= 11 is 0. The van der Waals surface area contributed by atoms with Gasteiger partial charge in [0.05, 0.1) is 21.3 Å². The summed E-state index contributed by atoms with van der Waals surface area (Å²) in [5.74, 6) is 0.706. The minimum absolute atomic E-state index is 0. The van der Waals surface area contributed by atoms with Crippen LogP contribution in [0.5, 0.6) is 17.2 Å². The van der Waals surface area contributed by atoms with Crippen molar-refractivity contribution in [2.75, 3.05) is 47.5 Å². The molecule has 0 aromatic heterocycles. The maximum atomic E-state index is 13.7. The summed E-state index contributed by atoms with van der Waals surface area (Å²) in [6, 6.07) is 1.02. The normalized spacial score (nSPS) is 16.2. The second-order valence-corrected chi connectivity index (χ2v) is 5.19. The third kappa shape index (κ3) is 5.44. The number of piperazine rings is 1. The van der Waals surface area contributed by atoms with Gasteiger partial charge >= 0.3 is 6.18 Å². The molecule has 0 amide bonds. The van der Waals surface area contributed by atoms with E-state index in [1.165, 1.54) is 38.4 Å². The van der Waals surface area contributed by atoms with E-state index >= 15 is 0 Å². The fraction of sp³-hybridized carbons (Fsp3) is 0.600. The standard InChI is InChI=1S/C15H21F3N2O3.2ClH/c1-21-11-8-10(9-12(22-2)13(11)23-3)14(15(16,17)18)20-6-4-19-5-7-20;;/h8-9,14,19H,4-7H2,1-3H3;2*1H/t14-;;/m1../s1. The fourth-order valence-corrected chi connectivity index (χ4v) is 2.81. The van der Waals surface area contributed by atoms with Crippen LogP contribution in [0.4, 0.5) is 13.2 Å². The highest BCUT2D eigenvalue weighted by molar-refractivity contribution is 5.85. The van der Waals surface area contributed by atoms with Crippen LogP contribution in [-0.2, 0) is 0 Å². The topological polar surface area (TPSA) is 43.0 Å². The van der Waals surface area contributed by atoms with Crippen LogP contribution in [0.15, 0.2) is 12.1 Å². The lowest BCUT2D eigenvalue weighted by Gasteiger charge is -2.36. The van der Waals surface area contributed by atoms with Gasteiger partial charge in [0.2, 0.25) is 5.75 Å². The Morgan fingerprint density at radius 1 is 0.960 bits per heavy atom. The van der Waals surface area contributed by atoms with Crippen LogP contribution >= 0.6 is 24.8 Å². The van der Waals surface area contributed by atoms with E-state index in [4.69, 9.17) is 14.2 Å². The highest BCUT2D eigenvalue weighted by atomic mass is 35.5. The molecule has 0 spiro atoms. The van der Waals surface area contributed by atoms with Gasteiger partial charge in [-0.3, -0.25) is 4.90 Å². The van der Waals surface area contributed by atoms with Gasteiger partial charge in [0.1, 0.15) is 6.04 Å². The number of ether oxygens (including phenoxy) is 3. The van der Waals surface area contributed by atoms with E-state index in [0.717, 1.165) is 0 Å². The Balaban J connectivity index is 0.00000288. The summed E-state index contributed by atoms with van der Waals surface area (Å²) in [6.07, 6.45) is -4.40. The van der Waals surface area contributed by atoms with Crippen LogP contribution in [-0.4, -0.2) is 58.6 Å². The fourth-order valence-electron chi connectivity index (χ4n) is 2.81. The number of halogens is 5. The first-order valence-electron chi connectivity index (χ1n) is 7.23. The molecule has 1 fully saturated rings. The minimum atomic E-state index is -4.40. The van der Waals surface area contributed by atoms with Gasteiger partial charge < -0.3 is 19.5 Å². The molecular weight excluding hydrogens is 384 g/mol. The van der Waals surface area contributed by atoms with Crippen molar-refractivity contribution in [1.29, 1.82) is 0 Å². The summed E-state index contributed by atoms with van der Waals surface area (Å²) in [7, 11) is 4.18. The molecule has 25 heavy (non-hydrogen) atoms. The number of hydrogen-bond donors (Lipinski definition) is 1. The number of nitrogens with one attached hydrogen (secondary N) is 1. The van der Waals surface area contributed by atoms with Crippen molar-refractivity contribution >= 4 is 24.8 Å². The van der Waals surface area contributed by atoms with Crippen LogP contribution in [0, 0.1) is 0 Å². The molecule has 1 aliphatic rings. The van der Waals surface area contributed by atoms with Crippen LogP contribution in [0.3, 0.4) is 0 Å². The van der Waals surface area contributed by atoms with Gasteiger partial charge in [0.15, 0.2) is 11.5 Å². The van der Waals surface area contributed by atoms with Crippen LogP contribution in [0.25, 0.3) is 0 Å². The van der Waals surface area contributed by atoms with Crippen molar-refractivity contribution in [2.45, 2.75) is 12.2 Å². The molecule has 0 saturated carbocycles. The second-order valence-electron chi connectivity index (χ2n) is 5.19. The molecule has 10 heteroatoms. The molecule has 2 rings (SSSR count). The first-order valence-corrected chi connectivity index (χ1v) is 7.23. The zero-order valence-electron chi connectivity index (χ0n) is 14.2. The van der Waals surface area contributed by atoms with Crippen LogP contribution in [0.1, 0.15) is 11.6 Å². The summed E-state index contributed by atoms with van der Waals surface area (Å²) in [5, 5.41) is 3.06. The van der Waals surface area contributed by atoms with Gasteiger partial charge in [0, 0.05) is 26.2 Å². The molecule has 0 unspecified atom stereocenters. The lowest BCUT2D eigenvalue weighted by Crippen LogP contribution is -2.49. The third-order valence-corrected chi connectivity index (χ3v) is 3.83. The molecule has 0 bridgehead atoms. The number of rotatable bonds is 5. The Morgan fingerprint density at radius 2 is 1.44 bits per heavy atom. The van der Waals surface area contributed by atoms with E-state index in [2.05, 4.69) is 5.32 Å². The lowest BCUT2D eigenvalue weighted by atomic mass is 10.0. The second kappa shape index (κ2) is 10.2. The number of alkyl halides is 3. The van der Waals surface area contributed by atoms with Gasteiger partial charge in [0.25, 0.3) is 0 Å². The Hall–Kier alpha value is -1.09. The Kier molecular flexibility index (Phi) is 9.71. The SMILES string of the molecule is COc1cc([C@@H](N2CCNCC2)C(F)(F)F)cc(OC)c1OC.Cl.Cl. The number of nitrogens with zero attached hydrogens (tertiary/aromatic N) is 1. The van der Waals surface area contributed by atoms with Crippen molar-refractivity contribution in [1.82, 2.24) is 10.2 Å². The minimum Gasteiger partial charge on any atom is -0.493 e. The molecule has 1 N–H and O–H groups in total. The zero-order chi connectivity index (χ0) is 17.0. The van der Waals surface area contributed by atoms with Gasteiger partial charge in [-0.25, -0.2) is 0 Å². The largest absolute Gasteiger partial charge is 0.493 e. The van der Waals surface area contributed by atoms with Crippen molar-refractivity contribution in [3.05, 3.63) is 17.7 Å². The predicted molar refractivity (Wildman–Crippen MR) is 93.8 cm³/mol. The smallest absolute Gasteiger partial charge is 0.408 e. The molecule has 1 aliphatic heterocycles. The van der Waals surface area contributed by atoms with Crippen molar-refractivity contribution in [3.63, 3.8) is 0 Å². The Bertz CT molecular complexity index is 516. The van der Waals surface area contributed by atoms with E-state index < -0.39 is 12.2 Å². The van der Waals surface area contributed by atoms with Gasteiger partial charge in [-0.2, -0.15) is 13.2 Å². The number of methoxy groups -OCH3 is 3. The van der Waals surface area contributed by atoms with E-state index in [1.807, 2.05) is 0 Å². The average molecular weight is 407 g/mol. The maximum absolute atomic E-state index is 13.7. The first-order chi connectivity index (χ1) is 10.9. The number of hydrogen-bond acceptors (Lipinski definition) is 5. The van der Waals surface area contributed by atoms with Crippen LogP contribution < -0.4 is 19.5 Å². The third-order valence-electron chi connectivity index (χ3n) is 3.83. The summed E-state index contributed by atoms with van der Waals surface area (Å²) in [5.41, 5.74) is 0.0777. The Labute approximate surface area is 157 Å². The van der Waals surface area contributed by atoms with Crippen molar-refractivity contribution in [2.24, 2.45) is 0 Å². The van der Waals surface area contributed by atoms with E-state index in [0.29, 0.717) is 26.2 Å². The summed E-state index contributed by atoms with van der Waals surface area (Å²) < 4.78 is 56.5. The molecule has 5 nitrogen and oxygen atoms in total. The quantitative estimate of drug-likeness (QED) is 0.813. The van der Waals surface area contributed by atoms with E-state index in [1.54, 1.807) is 0 Å². The highest BCUT2D eigenvalue weighted by Gasteiger charge is 2.45. The monoisotopic (exact) mass is 406 g/mol. The maximum Gasteiger partial charge on any atom is 0.408 e. The molecule has 1 atom stereocenters. The summed E-state index contributed by atoms with van der Waals surface area (Å²) in [6.45, 7) is 1.69. The van der Waals surface area contributed by atoms with Gasteiger partial charge in [-0.15, -0.1) is 24.8 Å². The number of benzene rings is 1. The van der Waals surface area contributed by atoms with Crippen LogP contribution in [0.2, 0.25) is 0 Å². The van der Waals surface area contributed by atoms with E-state index in [9.17, 15) is 13.2 Å². The molecule has 1 saturated heterocycles.